The molecule has 0 amide bonds. The molecule has 1 nitrogen and oxygen atoms in total. The quantitative estimate of drug-likeness (QED) is 0.831. The molecule has 0 aromatic heterocycles. The molecule has 0 radical (unpaired) electrons. The van der Waals surface area contributed by atoms with Gasteiger partial charge in [0, 0.05) is 0 Å². The van der Waals surface area contributed by atoms with Crippen LogP contribution in [0.4, 0.5) is 0 Å². The van der Waals surface area contributed by atoms with Gasteiger partial charge in [-0.25, -0.2) is 0 Å². The maximum Gasteiger partial charge on any atom is -0.00173 e. The zero-order valence-corrected chi connectivity index (χ0v) is 14.4. The Morgan fingerprint density at radius 2 is 1.57 bits per heavy atom. The summed E-state index contributed by atoms with van der Waals surface area (Å²) >= 11 is 0. The van der Waals surface area contributed by atoms with E-state index in [1.807, 2.05) is 0 Å². The lowest BCUT2D eigenvalue weighted by atomic mass is 9.62. The third kappa shape index (κ3) is 4.10. The number of rotatable bonds is 4. The molecular formula is C20H33N. The molecule has 1 aromatic carbocycles. The first kappa shape index (κ1) is 16.5. The largest absolute Gasteiger partial charge is 0.330 e. The molecular weight excluding hydrogens is 254 g/mol. The van der Waals surface area contributed by atoms with Crippen molar-refractivity contribution >= 4 is 0 Å². The molecule has 1 heteroatoms. The summed E-state index contributed by atoms with van der Waals surface area (Å²) in [4.78, 5) is 0. The zero-order valence-electron chi connectivity index (χ0n) is 14.4. The highest BCUT2D eigenvalue weighted by atomic mass is 14.6. The van der Waals surface area contributed by atoms with Crippen molar-refractivity contribution in [3.05, 3.63) is 35.4 Å². The van der Waals surface area contributed by atoms with Gasteiger partial charge in [0.05, 0.1) is 0 Å². The van der Waals surface area contributed by atoms with Crippen LogP contribution in [0.25, 0.3) is 0 Å². The van der Waals surface area contributed by atoms with Gasteiger partial charge in [0.2, 0.25) is 0 Å². The van der Waals surface area contributed by atoms with E-state index >= 15 is 0 Å². The van der Waals surface area contributed by atoms with E-state index in [0.29, 0.717) is 10.8 Å². The van der Waals surface area contributed by atoms with E-state index in [-0.39, 0.29) is 0 Å². The van der Waals surface area contributed by atoms with Crippen LogP contribution in [0.1, 0.15) is 64.5 Å². The topological polar surface area (TPSA) is 26.0 Å². The summed E-state index contributed by atoms with van der Waals surface area (Å²) in [5.41, 5.74) is 9.88. The normalized spacial score (nSPS) is 26.8. The first-order valence-corrected chi connectivity index (χ1v) is 8.66. The van der Waals surface area contributed by atoms with E-state index in [0.717, 1.165) is 25.3 Å². The van der Waals surface area contributed by atoms with Crippen LogP contribution in [0.2, 0.25) is 0 Å². The second-order valence-electron chi connectivity index (χ2n) is 8.19. The summed E-state index contributed by atoms with van der Waals surface area (Å²) in [6.45, 7) is 10.2. The van der Waals surface area contributed by atoms with E-state index < -0.39 is 0 Å². The summed E-state index contributed by atoms with van der Waals surface area (Å²) in [5.74, 6) is 0.861. The van der Waals surface area contributed by atoms with Crippen LogP contribution in [0.3, 0.4) is 0 Å². The van der Waals surface area contributed by atoms with Gasteiger partial charge >= 0.3 is 0 Å². The predicted octanol–water partition coefficient (Wildman–Crippen LogP) is 4.97. The fourth-order valence-electron chi connectivity index (χ4n) is 3.88. The monoisotopic (exact) mass is 287 g/mol. The summed E-state index contributed by atoms with van der Waals surface area (Å²) in [7, 11) is 0. The van der Waals surface area contributed by atoms with Crippen molar-refractivity contribution in [3.63, 3.8) is 0 Å². The summed E-state index contributed by atoms with van der Waals surface area (Å²) in [6, 6.07) is 9.18. The minimum absolute atomic E-state index is 0.343. The third-order valence-electron chi connectivity index (χ3n) is 5.71. The van der Waals surface area contributed by atoms with Crippen molar-refractivity contribution in [2.24, 2.45) is 22.5 Å². The third-order valence-corrected chi connectivity index (χ3v) is 5.71. The Balaban J connectivity index is 2.02. The highest BCUT2D eigenvalue weighted by Gasteiger charge is 2.37. The van der Waals surface area contributed by atoms with Crippen molar-refractivity contribution in [3.8, 4) is 0 Å². The maximum atomic E-state index is 6.20. The van der Waals surface area contributed by atoms with Gasteiger partial charge in [-0.2, -0.15) is 0 Å². The molecule has 118 valence electrons. The summed E-state index contributed by atoms with van der Waals surface area (Å²) < 4.78 is 0. The highest BCUT2D eigenvalue weighted by molar-refractivity contribution is 5.23. The Morgan fingerprint density at radius 3 is 2.00 bits per heavy atom. The second-order valence-corrected chi connectivity index (χ2v) is 8.19. The number of nitrogens with two attached hydrogens (primary N) is 1. The molecule has 2 rings (SSSR count). The van der Waals surface area contributed by atoms with E-state index in [2.05, 4.69) is 52.0 Å². The minimum Gasteiger partial charge on any atom is -0.330 e. The number of benzene rings is 1. The van der Waals surface area contributed by atoms with Crippen LogP contribution in [0, 0.1) is 16.7 Å². The lowest BCUT2D eigenvalue weighted by molar-refractivity contribution is 0.0926. The smallest absolute Gasteiger partial charge is 0.00173 e. The lowest BCUT2D eigenvalue weighted by Gasteiger charge is -2.44. The van der Waals surface area contributed by atoms with Gasteiger partial charge in [0.1, 0.15) is 0 Å². The van der Waals surface area contributed by atoms with Gasteiger partial charge < -0.3 is 5.73 Å². The molecule has 21 heavy (non-hydrogen) atoms. The van der Waals surface area contributed by atoms with Crippen LogP contribution in [-0.2, 0) is 12.8 Å². The first-order chi connectivity index (χ1) is 9.88. The Morgan fingerprint density at radius 1 is 1.05 bits per heavy atom. The Hall–Kier alpha value is -0.820. The molecule has 1 aliphatic rings. The Bertz CT molecular complexity index is 430. The lowest BCUT2D eigenvalue weighted by Crippen LogP contribution is -2.39. The SMILES string of the molecule is CCc1ccc(CC2(CN)CCC(C(C)(C)C)CC2)cc1. The van der Waals surface area contributed by atoms with E-state index in [9.17, 15) is 0 Å². The zero-order chi connectivity index (χ0) is 15.5. The molecule has 0 atom stereocenters. The molecule has 0 aliphatic heterocycles. The summed E-state index contributed by atoms with van der Waals surface area (Å²) in [6.07, 6.45) is 7.54. The molecule has 0 unspecified atom stereocenters. The van der Waals surface area contributed by atoms with Crippen LogP contribution < -0.4 is 5.73 Å². The average Bonchev–Trinajstić information content (AvgIpc) is 2.47. The number of hydrogen-bond donors (Lipinski definition) is 1. The van der Waals surface area contributed by atoms with Crippen LogP contribution >= 0.6 is 0 Å². The first-order valence-electron chi connectivity index (χ1n) is 8.66. The van der Waals surface area contributed by atoms with Crippen molar-refractivity contribution in [1.82, 2.24) is 0 Å². The molecule has 1 saturated carbocycles. The highest BCUT2D eigenvalue weighted by Crippen LogP contribution is 2.46. The minimum atomic E-state index is 0.343. The molecule has 0 saturated heterocycles. The fourth-order valence-corrected chi connectivity index (χ4v) is 3.88. The van der Waals surface area contributed by atoms with Crippen molar-refractivity contribution in [2.75, 3.05) is 6.54 Å². The van der Waals surface area contributed by atoms with Crippen LogP contribution in [0.5, 0.6) is 0 Å². The van der Waals surface area contributed by atoms with Crippen LogP contribution in [-0.4, -0.2) is 6.54 Å². The van der Waals surface area contributed by atoms with Gasteiger partial charge in [-0.15, -0.1) is 0 Å². The molecule has 0 heterocycles. The fraction of sp³-hybridized carbons (Fsp3) is 0.700. The molecule has 2 N–H and O–H groups in total. The van der Waals surface area contributed by atoms with E-state index in [1.54, 1.807) is 0 Å². The number of aryl methyl sites for hydroxylation is 1. The predicted molar refractivity (Wildman–Crippen MR) is 92.4 cm³/mol. The van der Waals surface area contributed by atoms with Gasteiger partial charge in [-0.05, 0) is 72.9 Å². The second kappa shape index (κ2) is 6.52. The van der Waals surface area contributed by atoms with Crippen molar-refractivity contribution in [2.45, 2.75) is 66.2 Å². The van der Waals surface area contributed by atoms with Gasteiger partial charge in [0.25, 0.3) is 0 Å². The van der Waals surface area contributed by atoms with Gasteiger partial charge in [0.15, 0.2) is 0 Å². The van der Waals surface area contributed by atoms with E-state index in [4.69, 9.17) is 5.73 Å². The molecule has 1 fully saturated rings. The van der Waals surface area contributed by atoms with Crippen LogP contribution in [0.15, 0.2) is 24.3 Å². The van der Waals surface area contributed by atoms with E-state index in [1.165, 1.54) is 36.8 Å². The number of hydrogen-bond acceptors (Lipinski definition) is 1. The molecule has 1 aromatic rings. The summed E-state index contributed by atoms with van der Waals surface area (Å²) in [5, 5.41) is 0. The van der Waals surface area contributed by atoms with Crippen molar-refractivity contribution in [1.29, 1.82) is 0 Å². The Labute approximate surface area is 131 Å². The standard InChI is InChI=1S/C20H33N/c1-5-16-6-8-17(9-7-16)14-20(15-21)12-10-18(11-13-20)19(2,3)4/h6-9,18H,5,10-15,21H2,1-4H3. The average molecular weight is 287 g/mol. The molecule has 1 aliphatic carbocycles. The molecule has 0 bridgehead atoms. The van der Waals surface area contributed by atoms with Crippen molar-refractivity contribution < 1.29 is 0 Å². The molecule has 0 spiro atoms. The Kier molecular flexibility index (Phi) is 5.14. The van der Waals surface area contributed by atoms with Gasteiger partial charge in [-0.3, -0.25) is 0 Å². The van der Waals surface area contributed by atoms with Gasteiger partial charge in [-0.1, -0.05) is 52.0 Å². The maximum absolute atomic E-state index is 6.20.